The Bertz CT molecular complexity index is 1590. The van der Waals surface area contributed by atoms with Gasteiger partial charge in [0.1, 0.15) is 0 Å². The van der Waals surface area contributed by atoms with Crippen molar-refractivity contribution in [2.24, 2.45) is 5.10 Å². The van der Waals surface area contributed by atoms with Gasteiger partial charge in [0.05, 0.1) is 12.0 Å². The molecule has 5 rings (SSSR count). The smallest absolute Gasteiger partial charge is 0.250 e. The van der Waals surface area contributed by atoms with E-state index in [1.165, 1.54) is 17.3 Å². The first-order chi connectivity index (χ1) is 19.4. The molecular weight excluding hydrogens is 514 g/mol. The van der Waals surface area contributed by atoms with Gasteiger partial charge in [-0.3, -0.25) is 9.36 Å². The lowest BCUT2D eigenvalue weighted by molar-refractivity contribution is -0.118. The van der Waals surface area contributed by atoms with Crippen molar-refractivity contribution in [3.8, 4) is 28.2 Å². The van der Waals surface area contributed by atoms with E-state index in [-0.39, 0.29) is 17.1 Å². The molecule has 4 aromatic carbocycles. The predicted octanol–water partition coefficient (Wildman–Crippen LogP) is 7.14. The highest BCUT2D eigenvalue weighted by Gasteiger charge is 2.19. The standard InChI is InChI=1S/C33H31N5OS/c1-33(2,3)28-20-18-27(19-21-28)31-36-37-32(38(31)29-12-8-5-9-13-29)40-23-30(39)35-34-22-24-14-16-26(17-15-24)25-10-6-4-7-11-25/h4-22H,23H2,1-3H3,(H,35,39)/b34-22-. The van der Waals surface area contributed by atoms with E-state index in [0.29, 0.717) is 5.16 Å². The second kappa shape index (κ2) is 12.1. The predicted molar refractivity (Wildman–Crippen MR) is 164 cm³/mol. The summed E-state index contributed by atoms with van der Waals surface area (Å²) < 4.78 is 1.99. The number of aromatic nitrogens is 3. The first kappa shape index (κ1) is 27.1. The summed E-state index contributed by atoms with van der Waals surface area (Å²) in [6.45, 7) is 6.58. The van der Waals surface area contributed by atoms with Crippen molar-refractivity contribution >= 4 is 23.9 Å². The molecule has 0 saturated heterocycles. The third-order valence-electron chi connectivity index (χ3n) is 6.41. The number of carbonyl (C=O) groups is 1. The van der Waals surface area contributed by atoms with Crippen LogP contribution in [0.1, 0.15) is 31.9 Å². The fourth-order valence-electron chi connectivity index (χ4n) is 4.21. The maximum atomic E-state index is 12.6. The average Bonchev–Trinajstić information content (AvgIpc) is 3.41. The largest absolute Gasteiger partial charge is 0.272 e. The van der Waals surface area contributed by atoms with E-state index in [2.05, 4.69) is 77.9 Å². The minimum Gasteiger partial charge on any atom is -0.272 e. The summed E-state index contributed by atoms with van der Waals surface area (Å²) in [6, 6.07) is 36.6. The fourth-order valence-corrected chi connectivity index (χ4v) is 4.96. The summed E-state index contributed by atoms with van der Waals surface area (Å²) in [7, 11) is 0. The van der Waals surface area contributed by atoms with Gasteiger partial charge in [-0.2, -0.15) is 5.10 Å². The molecule has 0 spiro atoms. The molecule has 0 unspecified atom stereocenters. The van der Waals surface area contributed by atoms with Crippen LogP contribution in [0.5, 0.6) is 0 Å². The second-order valence-electron chi connectivity index (χ2n) is 10.4. The number of carbonyl (C=O) groups excluding carboxylic acids is 1. The topological polar surface area (TPSA) is 72.2 Å². The highest BCUT2D eigenvalue weighted by Crippen LogP contribution is 2.30. The normalized spacial score (nSPS) is 11.6. The van der Waals surface area contributed by atoms with Gasteiger partial charge in [-0.25, -0.2) is 5.43 Å². The van der Waals surface area contributed by atoms with Crippen LogP contribution in [0, 0.1) is 0 Å². The van der Waals surface area contributed by atoms with Gasteiger partial charge in [-0.1, -0.05) is 130 Å². The van der Waals surface area contributed by atoms with E-state index in [9.17, 15) is 4.79 Å². The van der Waals surface area contributed by atoms with Gasteiger partial charge in [-0.15, -0.1) is 10.2 Å². The van der Waals surface area contributed by atoms with E-state index in [4.69, 9.17) is 0 Å². The number of thioether (sulfide) groups is 1. The van der Waals surface area contributed by atoms with Gasteiger partial charge in [0.2, 0.25) is 0 Å². The quantitative estimate of drug-likeness (QED) is 0.128. The molecule has 7 heteroatoms. The van der Waals surface area contributed by atoms with Crippen molar-refractivity contribution < 1.29 is 4.79 Å². The first-order valence-corrected chi connectivity index (χ1v) is 14.1. The number of nitrogens with zero attached hydrogens (tertiary/aromatic N) is 4. The fraction of sp³-hybridized carbons (Fsp3) is 0.152. The molecular formula is C33H31N5OS. The minimum absolute atomic E-state index is 0.0636. The number of hydrazone groups is 1. The van der Waals surface area contributed by atoms with E-state index in [1.54, 1.807) is 6.21 Å². The number of amides is 1. The average molecular weight is 546 g/mol. The maximum Gasteiger partial charge on any atom is 0.250 e. The van der Waals surface area contributed by atoms with Crippen molar-refractivity contribution in [2.45, 2.75) is 31.3 Å². The summed E-state index contributed by atoms with van der Waals surface area (Å²) in [5, 5.41) is 13.7. The molecule has 40 heavy (non-hydrogen) atoms. The second-order valence-corrected chi connectivity index (χ2v) is 11.3. The van der Waals surface area contributed by atoms with Crippen molar-refractivity contribution in [2.75, 3.05) is 5.75 Å². The van der Waals surface area contributed by atoms with E-state index < -0.39 is 0 Å². The zero-order valence-electron chi connectivity index (χ0n) is 22.8. The summed E-state index contributed by atoms with van der Waals surface area (Å²) in [6.07, 6.45) is 1.64. The molecule has 6 nitrogen and oxygen atoms in total. The van der Waals surface area contributed by atoms with Gasteiger partial charge >= 0.3 is 0 Å². The summed E-state index contributed by atoms with van der Waals surface area (Å²) in [4.78, 5) is 12.6. The van der Waals surface area contributed by atoms with E-state index in [0.717, 1.165) is 33.8 Å². The van der Waals surface area contributed by atoms with Gasteiger partial charge in [0, 0.05) is 11.3 Å². The zero-order valence-corrected chi connectivity index (χ0v) is 23.6. The first-order valence-electron chi connectivity index (χ1n) is 13.1. The SMILES string of the molecule is CC(C)(C)c1ccc(-c2nnc(SCC(=O)N/N=C\c3ccc(-c4ccccc4)cc3)n2-c2ccccc2)cc1. The Morgan fingerprint density at radius 1 is 0.800 bits per heavy atom. The number of nitrogens with one attached hydrogen (secondary N) is 1. The third-order valence-corrected chi connectivity index (χ3v) is 7.34. The van der Waals surface area contributed by atoms with Crippen molar-refractivity contribution in [3.63, 3.8) is 0 Å². The molecule has 1 amide bonds. The molecule has 0 radical (unpaired) electrons. The van der Waals surface area contributed by atoms with Crippen LogP contribution in [0.15, 0.2) is 119 Å². The number of rotatable bonds is 8. The molecule has 0 aliphatic carbocycles. The Morgan fingerprint density at radius 3 is 2.05 bits per heavy atom. The Balaban J connectivity index is 1.26. The van der Waals surface area contributed by atoms with Crippen LogP contribution in [-0.2, 0) is 10.2 Å². The van der Waals surface area contributed by atoms with Crippen LogP contribution in [0.4, 0.5) is 0 Å². The molecule has 1 aromatic heterocycles. The minimum atomic E-state index is -0.221. The van der Waals surface area contributed by atoms with Gasteiger partial charge in [0.25, 0.3) is 5.91 Å². The molecule has 0 fully saturated rings. The van der Waals surface area contributed by atoms with Crippen LogP contribution in [0.2, 0.25) is 0 Å². The van der Waals surface area contributed by atoms with Gasteiger partial charge in [-0.05, 0) is 39.8 Å². The van der Waals surface area contributed by atoms with Crippen molar-refractivity contribution in [1.82, 2.24) is 20.2 Å². The number of benzene rings is 4. The number of para-hydroxylation sites is 1. The van der Waals surface area contributed by atoms with Crippen LogP contribution in [0.3, 0.4) is 0 Å². The van der Waals surface area contributed by atoms with Crippen molar-refractivity contribution in [1.29, 1.82) is 0 Å². The monoisotopic (exact) mass is 545 g/mol. The zero-order chi connectivity index (χ0) is 28.0. The highest BCUT2D eigenvalue weighted by atomic mass is 32.2. The van der Waals surface area contributed by atoms with Crippen LogP contribution in [0.25, 0.3) is 28.2 Å². The molecule has 200 valence electrons. The lowest BCUT2D eigenvalue weighted by Crippen LogP contribution is -2.20. The summed E-state index contributed by atoms with van der Waals surface area (Å²) >= 11 is 1.32. The molecule has 1 heterocycles. The van der Waals surface area contributed by atoms with Gasteiger partial charge in [0.15, 0.2) is 11.0 Å². The third kappa shape index (κ3) is 6.55. The Labute approximate surface area is 239 Å². The van der Waals surface area contributed by atoms with Crippen LogP contribution < -0.4 is 5.43 Å². The molecule has 0 aliphatic rings. The lowest BCUT2D eigenvalue weighted by Gasteiger charge is -2.19. The van der Waals surface area contributed by atoms with Crippen molar-refractivity contribution in [3.05, 3.63) is 120 Å². The van der Waals surface area contributed by atoms with Crippen LogP contribution in [-0.4, -0.2) is 32.6 Å². The molecule has 5 aromatic rings. The summed E-state index contributed by atoms with van der Waals surface area (Å²) in [5.74, 6) is 0.658. The summed E-state index contributed by atoms with van der Waals surface area (Å²) in [5.41, 5.74) is 9.02. The number of hydrogen-bond donors (Lipinski definition) is 1. The Hall–Kier alpha value is -4.49. The van der Waals surface area contributed by atoms with E-state index >= 15 is 0 Å². The molecule has 0 bridgehead atoms. The molecule has 0 atom stereocenters. The van der Waals surface area contributed by atoms with E-state index in [1.807, 2.05) is 77.4 Å². The lowest BCUT2D eigenvalue weighted by atomic mass is 9.87. The molecule has 1 N–H and O–H groups in total. The van der Waals surface area contributed by atoms with Gasteiger partial charge < -0.3 is 0 Å². The number of hydrogen-bond acceptors (Lipinski definition) is 5. The Kier molecular flexibility index (Phi) is 8.22. The Morgan fingerprint density at radius 2 is 1.40 bits per heavy atom. The molecule has 0 saturated carbocycles. The molecule has 0 aliphatic heterocycles. The van der Waals surface area contributed by atoms with Crippen LogP contribution >= 0.6 is 11.8 Å². The maximum absolute atomic E-state index is 12.6. The highest BCUT2D eigenvalue weighted by molar-refractivity contribution is 7.99.